The first-order valence-electron chi connectivity index (χ1n) is 8.55. The number of carboxylic acids is 1. The van der Waals surface area contributed by atoms with Crippen LogP contribution in [0.2, 0.25) is 0 Å². The van der Waals surface area contributed by atoms with Gasteiger partial charge in [0, 0.05) is 26.2 Å². The quantitative estimate of drug-likeness (QED) is 0.567. The highest BCUT2D eigenvalue weighted by Crippen LogP contribution is 2.09. The van der Waals surface area contributed by atoms with Crippen LogP contribution in [0.25, 0.3) is 0 Å². The summed E-state index contributed by atoms with van der Waals surface area (Å²) in [7, 11) is -3.66. The molecule has 1 fully saturated rings. The van der Waals surface area contributed by atoms with Gasteiger partial charge in [-0.3, -0.25) is 14.5 Å². The number of rotatable bonds is 9. The first kappa shape index (κ1) is 21.3. The molecule has 10 heteroatoms. The van der Waals surface area contributed by atoms with Crippen molar-refractivity contribution in [1.29, 1.82) is 0 Å². The minimum absolute atomic E-state index is 0.0622. The summed E-state index contributed by atoms with van der Waals surface area (Å²) in [6.07, 6.45) is 0.475. The highest BCUT2D eigenvalue weighted by molar-refractivity contribution is 7.88. The Morgan fingerprint density at radius 3 is 2.67 bits per heavy atom. The molecule has 1 aromatic rings. The van der Waals surface area contributed by atoms with Gasteiger partial charge in [-0.15, -0.1) is 0 Å². The van der Waals surface area contributed by atoms with Gasteiger partial charge in [-0.2, -0.15) is 4.31 Å². The summed E-state index contributed by atoms with van der Waals surface area (Å²) in [5, 5.41) is 11.7. The minimum Gasteiger partial charge on any atom is -0.480 e. The van der Waals surface area contributed by atoms with E-state index in [9.17, 15) is 18.0 Å². The third-order valence-corrected chi connectivity index (χ3v) is 5.33. The maximum Gasteiger partial charge on any atom is 0.318 e. The standard InChI is InChI=1S/C17H25N3O6S/c1-27(24,25)20(13-17(22)23)11-15-10-19(7-8-26-15)12-16(21)18-9-14-5-3-2-4-6-14/h2-6,15H,7-13H2,1H3,(H,18,21)(H,22,23). The molecular formula is C17H25N3O6S. The molecule has 2 rings (SSSR count). The Balaban J connectivity index is 1.83. The Hall–Kier alpha value is -2.01. The maximum absolute atomic E-state index is 12.1. The summed E-state index contributed by atoms with van der Waals surface area (Å²) < 4.78 is 29.9. The second-order valence-corrected chi connectivity index (χ2v) is 8.42. The third-order valence-electron chi connectivity index (χ3n) is 4.11. The van der Waals surface area contributed by atoms with Gasteiger partial charge >= 0.3 is 5.97 Å². The van der Waals surface area contributed by atoms with Crippen LogP contribution in [0.15, 0.2) is 30.3 Å². The number of ether oxygens (including phenoxy) is 1. The minimum atomic E-state index is -3.66. The number of carboxylic acid groups (broad SMARTS) is 1. The number of aliphatic carboxylic acids is 1. The van der Waals surface area contributed by atoms with Crippen LogP contribution in [0.3, 0.4) is 0 Å². The predicted octanol–water partition coefficient (Wildman–Crippen LogP) is -0.650. The summed E-state index contributed by atoms with van der Waals surface area (Å²) in [5.41, 5.74) is 1.00. The molecule has 2 N–H and O–H groups in total. The van der Waals surface area contributed by atoms with Gasteiger partial charge in [-0.1, -0.05) is 30.3 Å². The summed E-state index contributed by atoms with van der Waals surface area (Å²) in [6, 6.07) is 9.56. The van der Waals surface area contributed by atoms with E-state index < -0.39 is 28.6 Å². The van der Waals surface area contributed by atoms with E-state index in [-0.39, 0.29) is 19.0 Å². The lowest BCUT2D eigenvalue weighted by Crippen LogP contribution is -2.51. The van der Waals surface area contributed by atoms with Crippen molar-refractivity contribution in [2.75, 3.05) is 45.6 Å². The molecule has 1 aliphatic rings. The molecule has 27 heavy (non-hydrogen) atoms. The topological polar surface area (TPSA) is 116 Å². The fraction of sp³-hybridized carbons (Fsp3) is 0.529. The number of carbonyl (C=O) groups excluding carboxylic acids is 1. The molecule has 0 bridgehead atoms. The first-order valence-corrected chi connectivity index (χ1v) is 10.4. The fourth-order valence-electron chi connectivity index (χ4n) is 2.79. The van der Waals surface area contributed by atoms with E-state index in [0.717, 1.165) is 16.1 Å². The molecule has 1 atom stereocenters. The summed E-state index contributed by atoms with van der Waals surface area (Å²) >= 11 is 0. The number of hydrogen-bond acceptors (Lipinski definition) is 6. The van der Waals surface area contributed by atoms with E-state index in [1.807, 2.05) is 35.2 Å². The smallest absolute Gasteiger partial charge is 0.318 e. The summed E-state index contributed by atoms with van der Waals surface area (Å²) in [4.78, 5) is 24.9. The molecular weight excluding hydrogens is 374 g/mol. The normalized spacial score (nSPS) is 18.4. The lowest BCUT2D eigenvalue weighted by Gasteiger charge is -2.34. The molecule has 0 aromatic heterocycles. The van der Waals surface area contributed by atoms with E-state index in [1.54, 1.807) is 0 Å². The molecule has 150 valence electrons. The SMILES string of the molecule is CS(=O)(=O)N(CC(=O)O)CC1CN(CC(=O)NCc2ccccc2)CCO1. The lowest BCUT2D eigenvalue weighted by molar-refractivity contribution is -0.137. The van der Waals surface area contributed by atoms with Crippen LogP contribution in [0.4, 0.5) is 0 Å². The van der Waals surface area contributed by atoms with Gasteiger partial charge < -0.3 is 15.2 Å². The number of nitrogens with one attached hydrogen (secondary N) is 1. The predicted molar refractivity (Wildman–Crippen MR) is 98.5 cm³/mol. The van der Waals surface area contributed by atoms with Gasteiger partial charge in [-0.25, -0.2) is 8.42 Å². The number of hydrogen-bond donors (Lipinski definition) is 2. The van der Waals surface area contributed by atoms with Crippen LogP contribution in [-0.2, 0) is 30.9 Å². The van der Waals surface area contributed by atoms with Crippen LogP contribution >= 0.6 is 0 Å². The van der Waals surface area contributed by atoms with Gasteiger partial charge in [-0.05, 0) is 5.56 Å². The average molecular weight is 399 g/mol. The molecule has 0 spiro atoms. The Labute approximate surface area is 159 Å². The van der Waals surface area contributed by atoms with Crippen LogP contribution in [0.5, 0.6) is 0 Å². The maximum atomic E-state index is 12.1. The zero-order chi connectivity index (χ0) is 19.9. The fourth-order valence-corrected chi connectivity index (χ4v) is 3.57. The van der Waals surface area contributed by atoms with Crippen molar-refractivity contribution in [1.82, 2.24) is 14.5 Å². The zero-order valence-electron chi connectivity index (χ0n) is 15.2. The van der Waals surface area contributed by atoms with Gasteiger partial charge in [0.1, 0.15) is 6.54 Å². The number of amides is 1. The van der Waals surface area contributed by atoms with Crippen molar-refractivity contribution >= 4 is 21.9 Å². The Bertz CT molecular complexity index is 740. The van der Waals surface area contributed by atoms with Gasteiger partial charge in [0.15, 0.2) is 0 Å². The molecule has 1 saturated heterocycles. The average Bonchev–Trinajstić information content (AvgIpc) is 2.59. The number of morpholine rings is 1. The highest BCUT2D eigenvalue weighted by Gasteiger charge is 2.28. The molecule has 0 saturated carbocycles. The van der Waals surface area contributed by atoms with Crippen LogP contribution in [0, 0.1) is 0 Å². The van der Waals surface area contributed by atoms with Crippen LogP contribution in [-0.4, -0.2) is 86.3 Å². The van der Waals surface area contributed by atoms with Crippen molar-refractivity contribution in [3.05, 3.63) is 35.9 Å². The molecule has 1 heterocycles. The molecule has 0 aliphatic carbocycles. The van der Waals surface area contributed by atoms with Gasteiger partial charge in [0.25, 0.3) is 0 Å². The monoisotopic (exact) mass is 399 g/mol. The van der Waals surface area contributed by atoms with E-state index in [1.165, 1.54) is 0 Å². The van der Waals surface area contributed by atoms with E-state index in [4.69, 9.17) is 9.84 Å². The highest BCUT2D eigenvalue weighted by atomic mass is 32.2. The Morgan fingerprint density at radius 1 is 1.33 bits per heavy atom. The Morgan fingerprint density at radius 2 is 2.04 bits per heavy atom. The Kier molecular flexibility index (Phi) is 7.72. The first-order chi connectivity index (χ1) is 12.7. The van der Waals surface area contributed by atoms with E-state index in [0.29, 0.717) is 26.2 Å². The van der Waals surface area contributed by atoms with Crippen molar-refractivity contribution in [2.45, 2.75) is 12.6 Å². The van der Waals surface area contributed by atoms with Gasteiger partial charge in [0.2, 0.25) is 15.9 Å². The van der Waals surface area contributed by atoms with Crippen LogP contribution < -0.4 is 5.32 Å². The molecule has 0 radical (unpaired) electrons. The number of benzene rings is 1. The number of nitrogens with zero attached hydrogens (tertiary/aromatic N) is 2. The molecule has 1 amide bonds. The van der Waals surface area contributed by atoms with Crippen molar-refractivity contribution in [3.8, 4) is 0 Å². The molecule has 1 aliphatic heterocycles. The number of carbonyl (C=O) groups is 2. The van der Waals surface area contributed by atoms with Gasteiger partial charge in [0.05, 0.1) is 25.5 Å². The van der Waals surface area contributed by atoms with Crippen molar-refractivity contribution < 1.29 is 27.9 Å². The number of sulfonamides is 1. The van der Waals surface area contributed by atoms with Crippen LogP contribution in [0.1, 0.15) is 5.56 Å². The summed E-state index contributed by atoms with van der Waals surface area (Å²) in [5.74, 6) is -1.36. The lowest BCUT2D eigenvalue weighted by atomic mass is 10.2. The molecule has 1 aromatic carbocycles. The second kappa shape index (κ2) is 9.79. The van der Waals surface area contributed by atoms with Crippen molar-refractivity contribution in [3.63, 3.8) is 0 Å². The molecule has 1 unspecified atom stereocenters. The summed E-state index contributed by atoms with van der Waals surface area (Å²) in [6.45, 7) is 1.18. The van der Waals surface area contributed by atoms with E-state index in [2.05, 4.69) is 5.32 Å². The third kappa shape index (κ3) is 7.63. The second-order valence-electron chi connectivity index (χ2n) is 6.44. The van der Waals surface area contributed by atoms with Crippen molar-refractivity contribution in [2.24, 2.45) is 0 Å². The largest absolute Gasteiger partial charge is 0.480 e. The van der Waals surface area contributed by atoms with E-state index >= 15 is 0 Å². The zero-order valence-corrected chi connectivity index (χ0v) is 16.0. The molecule has 9 nitrogen and oxygen atoms in total.